The summed E-state index contributed by atoms with van der Waals surface area (Å²) in [4.78, 5) is 25.1. The van der Waals surface area contributed by atoms with Crippen molar-refractivity contribution < 1.29 is 19.1 Å². The second-order valence-electron chi connectivity index (χ2n) is 3.57. The molecule has 100 valence electrons. The van der Waals surface area contributed by atoms with Crippen molar-refractivity contribution in [3.63, 3.8) is 0 Å². The van der Waals surface area contributed by atoms with E-state index in [9.17, 15) is 9.59 Å². The van der Waals surface area contributed by atoms with E-state index in [1.54, 1.807) is 17.3 Å². The summed E-state index contributed by atoms with van der Waals surface area (Å²) in [5.74, 6) is -1.67. The molecule has 0 N–H and O–H groups in total. The third-order valence-electron chi connectivity index (χ3n) is 2.55. The fraction of sp³-hybridized carbons (Fsp3) is 0.308. The van der Waals surface area contributed by atoms with Crippen LogP contribution in [0.5, 0.6) is 0 Å². The van der Waals surface area contributed by atoms with Gasteiger partial charge in [-0.2, -0.15) is 5.26 Å². The van der Waals surface area contributed by atoms with Gasteiger partial charge in [0, 0.05) is 24.5 Å². The van der Waals surface area contributed by atoms with Gasteiger partial charge >= 0.3 is 11.9 Å². The van der Waals surface area contributed by atoms with Gasteiger partial charge < -0.3 is 14.4 Å². The van der Waals surface area contributed by atoms with Crippen LogP contribution >= 0.6 is 0 Å². The number of carbonyl (C=O) groups excluding carboxylic acids is 2. The molecule has 1 heterocycles. The van der Waals surface area contributed by atoms with E-state index in [4.69, 9.17) is 5.26 Å². The molecule has 0 fully saturated rings. The Morgan fingerprint density at radius 2 is 1.89 bits per heavy atom. The molecule has 0 bridgehead atoms. The van der Waals surface area contributed by atoms with Crippen LogP contribution in [-0.4, -0.2) is 37.6 Å². The number of carbonyl (C=O) groups is 2. The Morgan fingerprint density at radius 1 is 1.32 bits per heavy atom. The van der Waals surface area contributed by atoms with E-state index in [1.165, 1.54) is 6.08 Å². The van der Waals surface area contributed by atoms with Crippen LogP contribution in [0.25, 0.3) is 0 Å². The van der Waals surface area contributed by atoms with Crippen molar-refractivity contribution in [1.29, 1.82) is 5.26 Å². The molecule has 0 radical (unpaired) electrons. The number of hydrogen-bond acceptors (Lipinski definition) is 6. The van der Waals surface area contributed by atoms with Crippen molar-refractivity contribution in [3.05, 3.63) is 35.2 Å². The summed E-state index contributed by atoms with van der Waals surface area (Å²) < 4.78 is 9.11. The van der Waals surface area contributed by atoms with Crippen LogP contribution < -0.4 is 0 Å². The lowest BCUT2D eigenvalue weighted by atomic mass is 9.99. The monoisotopic (exact) mass is 262 g/mol. The van der Waals surface area contributed by atoms with Crippen molar-refractivity contribution in [2.45, 2.75) is 6.92 Å². The van der Waals surface area contributed by atoms with E-state index in [-0.39, 0.29) is 16.7 Å². The molecule has 0 saturated carbocycles. The van der Waals surface area contributed by atoms with Crippen LogP contribution in [0.4, 0.5) is 0 Å². The van der Waals surface area contributed by atoms with Gasteiger partial charge in [0.2, 0.25) is 0 Å². The molecule has 0 aliphatic carbocycles. The average molecular weight is 262 g/mol. The first-order valence-electron chi connectivity index (χ1n) is 5.56. The molecular formula is C13H14N2O4. The maximum atomic E-state index is 11.7. The molecule has 0 atom stereocenters. The van der Waals surface area contributed by atoms with Gasteiger partial charge in [0.05, 0.1) is 19.8 Å². The van der Waals surface area contributed by atoms with Crippen LogP contribution in [0.1, 0.15) is 6.92 Å². The second kappa shape index (κ2) is 6.40. The smallest absolute Gasteiger partial charge is 0.345 e. The second-order valence-corrected chi connectivity index (χ2v) is 3.57. The fourth-order valence-corrected chi connectivity index (χ4v) is 1.55. The van der Waals surface area contributed by atoms with Crippen LogP contribution in [0.3, 0.4) is 0 Å². The first-order chi connectivity index (χ1) is 9.08. The van der Waals surface area contributed by atoms with Gasteiger partial charge in [-0.1, -0.05) is 0 Å². The molecule has 1 rings (SSSR count). The van der Waals surface area contributed by atoms with Gasteiger partial charge in [-0.3, -0.25) is 0 Å². The number of allylic oxidation sites excluding steroid dienone is 3. The third kappa shape index (κ3) is 3.01. The number of hydrogen-bond donors (Lipinski definition) is 0. The molecule has 1 aliphatic heterocycles. The summed E-state index contributed by atoms with van der Waals surface area (Å²) in [7, 11) is 2.32. The molecule has 0 aromatic carbocycles. The molecule has 0 spiro atoms. The van der Waals surface area contributed by atoms with E-state index < -0.39 is 11.9 Å². The zero-order valence-electron chi connectivity index (χ0n) is 11.0. The van der Waals surface area contributed by atoms with Gasteiger partial charge in [-0.05, 0) is 13.0 Å². The fourth-order valence-electron chi connectivity index (χ4n) is 1.55. The Labute approximate surface area is 111 Å². The lowest BCUT2D eigenvalue weighted by Gasteiger charge is -2.19. The highest BCUT2D eigenvalue weighted by Gasteiger charge is 2.27. The van der Waals surface area contributed by atoms with Crippen molar-refractivity contribution in [2.75, 3.05) is 20.8 Å². The van der Waals surface area contributed by atoms with E-state index >= 15 is 0 Å². The molecule has 1 aliphatic rings. The van der Waals surface area contributed by atoms with E-state index in [1.807, 2.05) is 13.0 Å². The van der Waals surface area contributed by atoms with Gasteiger partial charge in [-0.15, -0.1) is 0 Å². The minimum Gasteiger partial charge on any atom is -0.465 e. The zero-order valence-corrected chi connectivity index (χ0v) is 11.0. The summed E-state index contributed by atoms with van der Waals surface area (Å²) in [6.07, 6.45) is 4.74. The van der Waals surface area contributed by atoms with E-state index in [0.717, 1.165) is 14.2 Å². The lowest BCUT2D eigenvalue weighted by molar-refractivity contribution is -0.144. The molecular weight excluding hydrogens is 248 g/mol. The highest BCUT2D eigenvalue weighted by atomic mass is 16.5. The third-order valence-corrected chi connectivity index (χ3v) is 2.55. The quantitative estimate of drug-likeness (QED) is 0.325. The predicted molar refractivity (Wildman–Crippen MR) is 66.3 cm³/mol. The van der Waals surface area contributed by atoms with Crippen molar-refractivity contribution in [3.8, 4) is 6.07 Å². The normalized spacial score (nSPS) is 13.5. The lowest BCUT2D eigenvalue weighted by Crippen LogP contribution is -2.21. The summed E-state index contributed by atoms with van der Waals surface area (Å²) in [5, 5.41) is 9.12. The van der Waals surface area contributed by atoms with Gasteiger partial charge in [0.15, 0.2) is 5.57 Å². The number of nitriles is 1. The minimum atomic E-state index is -0.836. The van der Waals surface area contributed by atoms with Crippen LogP contribution in [0.15, 0.2) is 35.2 Å². The number of esters is 2. The molecule has 0 aromatic heterocycles. The first-order valence-corrected chi connectivity index (χ1v) is 5.56. The largest absolute Gasteiger partial charge is 0.465 e. The summed E-state index contributed by atoms with van der Waals surface area (Å²) in [6.45, 7) is 2.58. The Kier molecular flexibility index (Phi) is 4.89. The predicted octanol–water partition coefficient (Wildman–Crippen LogP) is 0.886. The summed E-state index contributed by atoms with van der Waals surface area (Å²) >= 11 is 0. The van der Waals surface area contributed by atoms with Crippen molar-refractivity contribution >= 4 is 11.9 Å². The summed E-state index contributed by atoms with van der Waals surface area (Å²) in [5.41, 5.74) is 0.117. The Morgan fingerprint density at radius 3 is 2.32 bits per heavy atom. The Balaban J connectivity index is 3.38. The average Bonchev–Trinajstić information content (AvgIpc) is 2.46. The van der Waals surface area contributed by atoms with Crippen molar-refractivity contribution in [2.24, 2.45) is 0 Å². The van der Waals surface area contributed by atoms with Gasteiger partial charge in [-0.25, -0.2) is 9.59 Å². The Bertz CT molecular complexity index is 505. The Hall–Kier alpha value is -2.55. The highest BCUT2D eigenvalue weighted by Crippen LogP contribution is 2.23. The number of methoxy groups -OCH3 is 2. The molecule has 0 saturated heterocycles. The molecule has 0 amide bonds. The van der Waals surface area contributed by atoms with Crippen molar-refractivity contribution in [1.82, 2.24) is 4.90 Å². The topological polar surface area (TPSA) is 79.6 Å². The molecule has 0 aromatic rings. The van der Waals surface area contributed by atoms with Crippen LogP contribution in [-0.2, 0) is 19.1 Å². The number of rotatable bonds is 3. The van der Waals surface area contributed by atoms with E-state index in [2.05, 4.69) is 9.47 Å². The van der Waals surface area contributed by atoms with Crippen LogP contribution in [0, 0.1) is 11.3 Å². The zero-order chi connectivity index (χ0) is 14.4. The SMILES string of the molecule is CCN1C=CC(=C(C(=O)OC)C(=O)OC)C(C#N)=C1. The standard InChI is InChI=1S/C13H14N2O4/c1-4-15-6-5-10(9(7-14)8-15)11(12(16)18-2)13(17)19-3/h5-6,8H,4H2,1-3H3. The molecule has 6 heteroatoms. The van der Waals surface area contributed by atoms with E-state index in [0.29, 0.717) is 6.54 Å². The van der Waals surface area contributed by atoms with Crippen LogP contribution in [0.2, 0.25) is 0 Å². The van der Waals surface area contributed by atoms with Gasteiger partial charge in [0.1, 0.15) is 6.07 Å². The number of ether oxygens (including phenoxy) is 2. The maximum absolute atomic E-state index is 11.7. The maximum Gasteiger partial charge on any atom is 0.345 e. The molecule has 6 nitrogen and oxygen atoms in total. The number of nitrogens with zero attached hydrogens (tertiary/aromatic N) is 2. The molecule has 0 unspecified atom stereocenters. The first kappa shape index (κ1) is 14.5. The molecule has 19 heavy (non-hydrogen) atoms. The minimum absolute atomic E-state index is 0.200. The highest BCUT2D eigenvalue weighted by molar-refractivity contribution is 6.15. The van der Waals surface area contributed by atoms with Gasteiger partial charge in [0.25, 0.3) is 0 Å². The summed E-state index contributed by atoms with van der Waals surface area (Å²) in [6, 6.07) is 1.95.